The van der Waals surface area contributed by atoms with Gasteiger partial charge in [0.25, 0.3) is 0 Å². The van der Waals surface area contributed by atoms with Gasteiger partial charge in [-0.05, 0) is 86.3 Å². The van der Waals surface area contributed by atoms with Crippen molar-refractivity contribution in [2.45, 2.75) is 77.2 Å². The van der Waals surface area contributed by atoms with E-state index in [-0.39, 0.29) is 11.8 Å². The van der Waals surface area contributed by atoms with Crippen LogP contribution in [0.3, 0.4) is 0 Å². The third-order valence-corrected chi connectivity index (χ3v) is 8.22. The summed E-state index contributed by atoms with van der Waals surface area (Å²) < 4.78 is 2.23. The third-order valence-electron chi connectivity index (χ3n) is 8.22. The van der Waals surface area contributed by atoms with Crippen LogP contribution < -0.4 is 5.32 Å². The Morgan fingerprint density at radius 1 is 1.00 bits per heavy atom. The minimum absolute atomic E-state index is 0.00912. The number of amides is 1. The summed E-state index contributed by atoms with van der Waals surface area (Å²) in [4.78, 5) is 18.0. The Labute approximate surface area is 242 Å². The number of anilines is 1. The molecular formula is C34H38N6O. The number of aromatic nitrogens is 4. The molecule has 3 heterocycles. The van der Waals surface area contributed by atoms with Crippen molar-refractivity contribution in [3.8, 4) is 6.07 Å². The van der Waals surface area contributed by atoms with Crippen LogP contribution in [0.2, 0.25) is 0 Å². The molecule has 0 saturated carbocycles. The number of hydrogen-bond donors (Lipinski definition) is 1. The molecule has 0 saturated heterocycles. The number of hydrogen-bond acceptors (Lipinski definition) is 5. The molecule has 4 aromatic rings. The predicted molar refractivity (Wildman–Crippen MR) is 160 cm³/mol. The molecule has 0 radical (unpaired) electrons. The lowest BCUT2D eigenvalue weighted by Gasteiger charge is -2.23. The minimum Gasteiger partial charge on any atom is -0.315 e. The maximum absolute atomic E-state index is 13.4. The van der Waals surface area contributed by atoms with Crippen LogP contribution in [0.1, 0.15) is 78.3 Å². The fourth-order valence-electron chi connectivity index (χ4n) is 5.75. The normalized spacial score (nSPS) is 15.1. The van der Waals surface area contributed by atoms with Crippen LogP contribution in [0.25, 0.3) is 0 Å². The first kappa shape index (κ1) is 28.2. The van der Waals surface area contributed by atoms with Gasteiger partial charge in [-0.2, -0.15) is 5.26 Å². The van der Waals surface area contributed by atoms with E-state index in [1.165, 1.54) is 11.1 Å². The molecule has 5 rings (SSSR count). The summed E-state index contributed by atoms with van der Waals surface area (Å²) in [7, 11) is 0. The van der Waals surface area contributed by atoms with E-state index in [2.05, 4.69) is 37.2 Å². The van der Waals surface area contributed by atoms with Gasteiger partial charge >= 0.3 is 0 Å². The molecule has 7 nitrogen and oxygen atoms in total. The minimum atomic E-state index is -0.218. The Bertz CT molecular complexity index is 1450. The van der Waals surface area contributed by atoms with Crippen molar-refractivity contribution in [2.24, 2.45) is 5.92 Å². The number of unbranched alkanes of at least 4 members (excludes halogenated alkanes) is 2. The Morgan fingerprint density at radius 3 is 2.56 bits per heavy atom. The highest BCUT2D eigenvalue weighted by molar-refractivity contribution is 5.95. The molecule has 1 amide bonds. The lowest BCUT2D eigenvalue weighted by atomic mass is 9.91. The molecule has 1 N–H and O–H groups in total. The molecular weight excluding hydrogens is 508 g/mol. The van der Waals surface area contributed by atoms with Crippen LogP contribution in [0.4, 0.5) is 5.82 Å². The van der Waals surface area contributed by atoms with Crippen LogP contribution in [-0.4, -0.2) is 25.7 Å². The van der Waals surface area contributed by atoms with Crippen molar-refractivity contribution in [1.82, 2.24) is 19.7 Å². The van der Waals surface area contributed by atoms with Crippen molar-refractivity contribution in [3.63, 3.8) is 0 Å². The average molecular weight is 547 g/mol. The number of pyridine rings is 1. The van der Waals surface area contributed by atoms with E-state index in [4.69, 9.17) is 5.26 Å². The van der Waals surface area contributed by atoms with Crippen molar-refractivity contribution in [2.75, 3.05) is 5.32 Å². The Kier molecular flexibility index (Phi) is 9.53. The smallest absolute Gasteiger partial charge is 0.233 e. The van der Waals surface area contributed by atoms with Crippen molar-refractivity contribution < 1.29 is 4.79 Å². The molecule has 0 bridgehead atoms. The summed E-state index contributed by atoms with van der Waals surface area (Å²) in [6, 6.07) is 24.0. The van der Waals surface area contributed by atoms with Crippen LogP contribution in [0.15, 0.2) is 72.9 Å². The van der Waals surface area contributed by atoms with E-state index in [1.807, 2.05) is 73.8 Å². The molecule has 2 aromatic carbocycles. The highest BCUT2D eigenvalue weighted by atomic mass is 16.1. The van der Waals surface area contributed by atoms with Gasteiger partial charge in [0, 0.05) is 19.2 Å². The number of benzene rings is 2. The molecule has 41 heavy (non-hydrogen) atoms. The molecule has 2 atom stereocenters. The Hall–Kier alpha value is -4.31. The van der Waals surface area contributed by atoms with Gasteiger partial charge in [-0.3, -0.25) is 4.79 Å². The number of nitriles is 1. The van der Waals surface area contributed by atoms with Gasteiger partial charge in [-0.15, -0.1) is 10.2 Å². The van der Waals surface area contributed by atoms with Gasteiger partial charge in [0.05, 0.1) is 17.6 Å². The summed E-state index contributed by atoms with van der Waals surface area (Å²) in [6.45, 7) is 3.02. The zero-order chi connectivity index (χ0) is 28.4. The van der Waals surface area contributed by atoms with E-state index >= 15 is 0 Å². The van der Waals surface area contributed by atoms with Crippen molar-refractivity contribution in [1.29, 1.82) is 5.26 Å². The molecule has 0 fully saturated rings. The summed E-state index contributed by atoms with van der Waals surface area (Å²) in [5.41, 5.74) is 4.16. The quantitative estimate of drug-likeness (QED) is 0.203. The molecule has 2 unspecified atom stereocenters. The SMILES string of the molecule is Cc1nnc2n1CCC(CCc1ccc(NC(=O)C(CCCCCc3ccc(C#N)cc3)c3ccccc3)nc1)C2. The number of fused-ring (bicyclic) bond motifs is 1. The van der Waals surface area contributed by atoms with Crippen LogP contribution >= 0.6 is 0 Å². The molecule has 210 valence electrons. The van der Waals surface area contributed by atoms with Gasteiger partial charge in [-0.1, -0.05) is 61.4 Å². The third kappa shape index (κ3) is 7.67. The van der Waals surface area contributed by atoms with E-state index in [1.54, 1.807) is 0 Å². The second-order valence-electron chi connectivity index (χ2n) is 11.1. The zero-order valence-electron chi connectivity index (χ0n) is 23.8. The van der Waals surface area contributed by atoms with E-state index in [0.717, 1.165) is 81.5 Å². The standard InChI is InChI=1S/C34H38N6O/c1-25-38-39-33-22-27(20-21-40(25)33)14-17-29-18-19-32(36-24-29)37-34(41)31(30-9-5-3-6-10-30)11-7-2-4-8-26-12-15-28(23-35)16-13-26/h3,5-6,9-10,12-13,15-16,18-19,24,27,31H,2,4,7-8,11,14,17,20-22H2,1H3,(H,36,37,41). The van der Waals surface area contributed by atoms with E-state index in [0.29, 0.717) is 17.3 Å². The van der Waals surface area contributed by atoms with E-state index in [9.17, 15) is 4.79 Å². The first-order chi connectivity index (χ1) is 20.1. The zero-order valence-corrected chi connectivity index (χ0v) is 23.8. The first-order valence-corrected chi connectivity index (χ1v) is 14.8. The number of nitrogens with one attached hydrogen (secondary N) is 1. The topological polar surface area (TPSA) is 96.5 Å². The summed E-state index contributed by atoms with van der Waals surface area (Å²) in [5, 5.41) is 20.6. The van der Waals surface area contributed by atoms with Crippen LogP contribution in [-0.2, 0) is 30.6 Å². The maximum Gasteiger partial charge on any atom is 0.233 e. The second kappa shape index (κ2) is 13.8. The number of aryl methyl sites for hydroxylation is 3. The molecule has 1 aliphatic rings. The number of carbonyl (C=O) groups is 1. The molecule has 0 aliphatic carbocycles. The maximum atomic E-state index is 13.4. The summed E-state index contributed by atoms with van der Waals surface area (Å²) in [6.07, 6.45) is 10.9. The van der Waals surface area contributed by atoms with Gasteiger partial charge in [0.15, 0.2) is 0 Å². The van der Waals surface area contributed by atoms with Gasteiger partial charge in [0.2, 0.25) is 5.91 Å². The van der Waals surface area contributed by atoms with Gasteiger partial charge in [-0.25, -0.2) is 4.98 Å². The second-order valence-corrected chi connectivity index (χ2v) is 11.1. The highest BCUT2D eigenvalue weighted by Crippen LogP contribution is 2.26. The average Bonchev–Trinajstić information content (AvgIpc) is 3.39. The van der Waals surface area contributed by atoms with E-state index < -0.39 is 0 Å². The van der Waals surface area contributed by atoms with Crippen LogP contribution in [0.5, 0.6) is 0 Å². The molecule has 0 spiro atoms. The fraction of sp³-hybridized carbons (Fsp3) is 0.382. The molecule has 7 heteroatoms. The number of rotatable bonds is 12. The monoisotopic (exact) mass is 546 g/mol. The van der Waals surface area contributed by atoms with Gasteiger partial charge in [0.1, 0.15) is 17.5 Å². The number of carbonyl (C=O) groups excluding carboxylic acids is 1. The van der Waals surface area contributed by atoms with Gasteiger partial charge < -0.3 is 9.88 Å². The first-order valence-electron chi connectivity index (χ1n) is 14.8. The van der Waals surface area contributed by atoms with Crippen molar-refractivity contribution >= 4 is 11.7 Å². The largest absolute Gasteiger partial charge is 0.315 e. The summed E-state index contributed by atoms with van der Waals surface area (Å²) >= 11 is 0. The lowest BCUT2D eigenvalue weighted by molar-refractivity contribution is -0.117. The Balaban J connectivity index is 1.10. The predicted octanol–water partition coefficient (Wildman–Crippen LogP) is 6.57. The molecule has 1 aliphatic heterocycles. The van der Waals surface area contributed by atoms with Crippen molar-refractivity contribution in [3.05, 3.63) is 107 Å². The highest BCUT2D eigenvalue weighted by Gasteiger charge is 2.22. The molecule has 2 aromatic heterocycles. The Morgan fingerprint density at radius 2 is 1.80 bits per heavy atom. The lowest BCUT2D eigenvalue weighted by Crippen LogP contribution is -2.22. The summed E-state index contributed by atoms with van der Waals surface area (Å²) in [5.74, 6) is 3.10. The fourth-order valence-corrected chi connectivity index (χ4v) is 5.75. The van der Waals surface area contributed by atoms with Crippen LogP contribution in [0, 0.1) is 24.2 Å². The number of nitrogens with zero attached hydrogens (tertiary/aromatic N) is 5.